The number of unbranched alkanes of at least 4 members (excludes halogenated alkanes) is 1. The Morgan fingerprint density at radius 2 is 2.00 bits per heavy atom. The van der Waals surface area contributed by atoms with Gasteiger partial charge in [0, 0.05) is 6.54 Å². The molecule has 0 saturated carbocycles. The molecule has 0 amide bonds. The van der Waals surface area contributed by atoms with Gasteiger partial charge in [0.2, 0.25) is 0 Å². The van der Waals surface area contributed by atoms with Crippen LogP contribution < -0.4 is 5.32 Å². The van der Waals surface area contributed by atoms with E-state index in [0.717, 1.165) is 26.1 Å². The summed E-state index contributed by atoms with van der Waals surface area (Å²) >= 11 is 0. The molecule has 0 aliphatic carbocycles. The Labute approximate surface area is 112 Å². The lowest BCUT2D eigenvalue weighted by Crippen LogP contribution is -2.22. The minimum atomic E-state index is -4.16. The molecule has 0 saturated heterocycles. The summed E-state index contributed by atoms with van der Waals surface area (Å²) in [5.74, 6) is 0.866. The Kier molecular flexibility index (Phi) is 14.4. The first-order valence-electron chi connectivity index (χ1n) is 6.25. The monoisotopic (exact) mass is 281 g/mol. The van der Waals surface area contributed by atoms with Crippen molar-refractivity contribution in [3.63, 3.8) is 0 Å². The van der Waals surface area contributed by atoms with Crippen LogP contribution in [0, 0.1) is 5.92 Å². The Hall–Kier alpha value is -0.430. The van der Waals surface area contributed by atoms with Gasteiger partial charge in [-0.05, 0) is 18.9 Å². The first-order valence-corrected chi connectivity index (χ1v) is 7.62. The quantitative estimate of drug-likeness (QED) is 0.385. The van der Waals surface area contributed by atoms with Gasteiger partial charge in [0.05, 0.1) is 7.11 Å². The topological polar surface area (TPSA) is 75.6 Å². The van der Waals surface area contributed by atoms with Gasteiger partial charge in [-0.1, -0.05) is 39.2 Å². The van der Waals surface area contributed by atoms with E-state index in [1.54, 1.807) is 0 Å². The molecule has 0 aromatic heterocycles. The normalized spacial score (nSPS) is 12.4. The van der Waals surface area contributed by atoms with Crippen LogP contribution in [0.25, 0.3) is 0 Å². The minimum absolute atomic E-state index is 0.866. The third-order valence-electron chi connectivity index (χ3n) is 2.48. The molecule has 0 aliphatic rings. The van der Waals surface area contributed by atoms with Crippen molar-refractivity contribution in [3.8, 4) is 0 Å². The van der Waals surface area contributed by atoms with E-state index >= 15 is 0 Å². The van der Waals surface area contributed by atoms with Gasteiger partial charge >= 0.3 is 10.4 Å². The summed E-state index contributed by atoms with van der Waals surface area (Å²) in [6.07, 6.45) is 7.28. The molecule has 0 aromatic rings. The molecule has 5 nitrogen and oxygen atoms in total. The van der Waals surface area contributed by atoms with Gasteiger partial charge in [-0.15, -0.1) is 6.58 Å². The smallest absolute Gasteiger partial charge is 0.313 e. The Morgan fingerprint density at radius 1 is 1.44 bits per heavy atom. The first kappa shape index (κ1) is 19.9. The zero-order chi connectivity index (χ0) is 14.4. The third kappa shape index (κ3) is 17.9. The average molecular weight is 281 g/mol. The van der Waals surface area contributed by atoms with Crippen molar-refractivity contribution >= 4 is 10.4 Å². The molecule has 0 bridgehead atoms. The van der Waals surface area contributed by atoms with Crippen LogP contribution >= 0.6 is 0 Å². The molecular formula is C12H27NO4S. The van der Waals surface area contributed by atoms with Crippen LogP contribution in [0.2, 0.25) is 0 Å². The van der Waals surface area contributed by atoms with E-state index in [-0.39, 0.29) is 0 Å². The van der Waals surface area contributed by atoms with Crippen LogP contribution in [0.3, 0.4) is 0 Å². The van der Waals surface area contributed by atoms with Gasteiger partial charge in [0.25, 0.3) is 0 Å². The summed E-state index contributed by atoms with van der Waals surface area (Å²) in [6.45, 7) is 10.3. The molecule has 6 heteroatoms. The van der Waals surface area contributed by atoms with E-state index in [2.05, 4.69) is 29.9 Å². The molecule has 0 rings (SSSR count). The molecular weight excluding hydrogens is 254 g/mol. The van der Waals surface area contributed by atoms with Crippen molar-refractivity contribution in [1.82, 2.24) is 5.32 Å². The highest BCUT2D eigenvalue weighted by atomic mass is 32.3. The molecule has 0 spiro atoms. The Balaban J connectivity index is 0. The van der Waals surface area contributed by atoms with Crippen LogP contribution in [-0.4, -0.2) is 33.2 Å². The first-order chi connectivity index (χ1) is 8.41. The highest BCUT2D eigenvalue weighted by Gasteiger charge is 2.03. The fraction of sp³-hybridized carbons (Fsp3) is 0.833. The lowest BCUT2D eigenvalue weighted by molar-refractivity contribution is 0.324. The molecule has 0 radical (unpaired) electrons. The fourth-order valence-electron chi connectivity index (χ4n) is 1.33. The van der Waals surface area contributed by atoms with E-state index in [0.29, 0.717) is 0 Å². The molecule has 18 heavy (non-hydrogen) atoms. The zero-order valence-electron chi connectivity index (χ0n) is 11.7. The molecule has 1 unspecified atom stereocenters. The Morgan fingerprint density at radius 3 is 2.33 bits per heavy atom. The summed E-state index contributed by atoms with van der Waals surface area (Å²) in [5.41, 5.74) is 0. The number of hydrogen-bond donors (Lipinski definition) is 2. The van der Waals surface area contributed by atoms with Crippen molar-refractivity contribution in [2.24, 2.45) is 5.92 Å². The molecule has 0 heterocycles. The van der Waals surface area contributed by atoms with Gasteiger partial charge < -0.3 is 5.32 Å². The summed E-state index contributed by atoms with van der Waals surface area (Å²) in [6, 6.07) is 0. The third-order valence-corrected chi connectivity index (χ3v) is 2.90. The molecule has 110 valence electrons. The van der Waals surface area contributed by atoms with Crippen molar-refractivity contribution in [3.05, 3.63) is 12.7 Å². The van der Waals surface area contributed by atoms with Crippen molar-refractivity contribution in [1.29, 1.82) is 0 Å². The number of rotatable bonds is 9. The van der Waals surface area contributed by atoms with Gasteiger partial charge in [-0.25, -0.2) is 0 Å². The summed E-state index contributed by atoms with van der Waals surface area (Å²) in [5, 5.41) is 3.38. The van der Waals surface area contributed by atoms with Crippen LogP contribution in [0.5, 0.6) is 0 Å². The highest BCUT2D eigenvalue weighted by Crippen LogP contribution is 2.10. The summed E-state index contributed by atoms with van der Waals surface area (Å²) in [4.78, 5) is 0. The maximum atomic E-state index is 9.33. The van der Waals surface area contributed by atoms with Crippen LogP contribution in [0.15, 0.2) is 12.7 Å². The highest BCUT2D eigenvalue weighted by molar-refractivity contribution is 7.80. The molecule has 0 aliphatic heterocycles. The van der Waals surface area contributed by atoms with E-state index in [1.165, 1.54) is 25.7 Å². The maximum Gasteiger partial charge on any atom is 0.397 e. The molecule has 2 N–H and O–H groups in total. The Bertz CT molecular complexity index is 278. The van der Waals surface area contributed by atoms with Gasteiger partial charge in [0.15, 0.2) is 0 Å². The summed E-state index contributed by atoms with van der Waals surface area (Å²) in [7, 11) is -3.29. The zero-order valence-corrected chi connectivity index (χ0v) is 12.5. The SMILES string of the molecule is C=CCNCC(CC)CCCC.COS(=O)(=O)O. The van der Waals surface area contributed by atoms with Gasteiger partial charge in [0.1, 0.15) is 0 Å². The second-order valence-corrected chi connectivity index (χ2v) is 5.15. The lowest BCUT2D eigenvalue weighted by atomic mass is 9.99. The van der Waals surface area contributed by atoms with E-state index in [4.69, 9.17) is 4.55 Å². The van der Waals surface area contributed by atoms with Crippen molar-refractivity contribution < 1.29 is 17.2 Å². The average Bonchev–Trinajstić information content (AvgIpc) is 2.33. The predicted octanol–water partition coefficient (Wildman–Crippen LogP) is 2.41. The van der Waals surface area contributed by atoms with Gasteiger partial charge in [-0.3, -0.25) is 8.74 Å². The van der Waals surface area contributed by atoms with Crippen LogP contribution in [0.1, 0.15) is 39.5 Å². The molecule has 1 atom stereocenters. The number of hydrogen-bond acceptors (Lipinski definition) is 4. The standard InChI is InChI=1S/C11H23N.CH4O4S/c1-4-7-8-11(6-3)10-12-9-5-2;1-5-6(2,3)4/h5,11-12H,2,4,6-10H2,1,3H3;1H3,(H,2,3,4). The van der Waals surface area contributed by atoms with E-state index in [1.807, 2.05) is 6.08 Å². The molecule has 0 fully saturated rings. The minimum Gasteiger partial charge on any atom is -0.313 e. The second-order valence-electron chi connectivity index (χ2n) is 3.96. The van der Waals surface area contributed by atoms with Crippen LogP contribution in [-0.2, 0) is 14.6 Å². The lowest BCUT2D eigenvalue weighted by Gasteiger charge is -2.14. The predicted molar refractivity (Wildman–Crippen MR) is 74.9 cm³/mol. The largest absolute Gasteiger partial charge is 0.397 e. The fourth-order valence-corrected chi connectivity index (χ4v) is 1.33. The van der Waals surface area contributed by atoms with Gasteiger partial charge in [-0.2, -0.15) is 8.42 Å². The van der Waals surface area contributed by atoms with Crippen molar-refractivity contribution in [2.75, 3.05) is 20.2 Å². The van der Waals surface area contributed by atoms with E-state index < -0.39 is 10.4 Å². The van der Waals surface area contributed by atoms with E-state index in [9.17, 15) is 8.42 Å². The van der Waals surface area contributed by atoms with Crippen LogP contribution in [0.4, 0.5) is 0 Å². The summed E-state index contributed by atoms with van der Waals surface area (Å²) < 4.78 is 29.7. The molecule has 0 aromatic carbocycles. The van der Waals surface area contributed by atoms with Crippen molar-refractivity contribution in [2.45, 2.75) is 39.5 Å². The number of nitrogens with one attached hydrogen (secondary N) is 1. The second kappa shape index (κ2) is 13.0. The maximum absolute atomic E-state index is 9.33.